The predicted octanol–water partition coefficient (Wildman–Crippen LogP) is 0.830. The van der Waals surface area contributed by atoms with Gasteiger partial charge in [-0.25, -0.2) is 9.38 Å². The maximum atomic E-state index is 12.7. The number of aliphatic imine (C=N–C) groups is 2. The highest BCUT2D eigenvalue weighted by atomic mass is 19.1. The first-order valence-electron chi connectivity index (χ1n) is 3.46. The number of alkyl halides is 1. The van der Waals surface area contributed by atoms with Gasteiger partial charge < -0.3 is 0 Å². The first-order chi connectivity index (χ1) is 5.77. The van der Waals surface area contributed by atoms with E-state index in [0.29, 0.717) is 5.71 Å². The van der Waals surface area contributed by atoms with Crippen LogP contribution in [0.25, 0.3) is 0 Å². The van der Waals surface area contributed by atoms with Gasteiger partial charge >= 0.3 is 0 Å². The summed E-state index contributed by atoms with van der Waals surface area (Å²) in [5.41, 5.74) is 0.747. The Labute approximate surface area is 68.0 Å². The van der Waals surface area contributed by atoms with Gasteiger partial charge in [0.25, 0.3) is 5.91 Å². The lowest BCUT2D eigenvalue weighted by molar-refractivity contribution is -0.113. The molecule has 0 spiro atoms. The van der Waals surface area contributed by atoms with Gasteiger partial charge in [0.1, 0.15) is 12.5 Å². The van der Waals surface area contributed by atoms with E-state index in [1.165, 1.54) is 24.6 Å². The first kappa shape index (κ1) is 7.09. The van der Waals surface area contributed by atoms with Gasteiger partial charge in [0.2, 0.25) is 0 Å². The highest BCUT2D eigenvalue weighted by molar-refractivity contribution is 6.30. The van der Waals surface area contributed by atoms with Crippen LogP contribution in [0.2, 0.25) is 0 Å². The van der Waals surface area contributed by atoms with Crippen LogP contribution >= 0.6 is 0 Å². The molecule has 0 fully saturated rings. The van der Waals surface area contributed by atoms with Gasteiger partial charge in [-0.3, -0.25) is 4.79 Å². The number of fused-ring (bicyclic) bond motifs is 1. The third-order valence-corrected chi connectivity index (χ3v) is 1.64. The molecular weight excluding hydrogens is 159 g/mol. The van der Waals surface area contributed by atoms with Crippen LogP contribution in [0.1, 0.15) is 0 Å². The Kier molecular flexibility index (Phi) is 1.46. The molecule has 0 bridgehead atoms. The minimum Gasteiger partial charge on any atom is -0.267 e. The number of carbonyl (C=O) groups excluding carboxylic acids is 1. The minimum atomic E-state index is -1.20. The van der Waals surface area contributed by atoms with Crippen molar-refractivity contribution in [1.82, 2.24) is 0 Å². The molecule has 0 N–H and O–H groups in total. The van der Waals surface area contributed by atoms with Gasteiger partial charge in [-0.15, -0.1) is 0 Å². The Morgan fingerprint density at radius 1 is 1.50 bits per heavy atom. The molecule has 0 radical (unpaired) electrons. The molecule has 60 valence electrons. The average molecular weight is 164 g/mol. The van der Waals surface area contributed by atoms with E-state index in [4.69, 9.17) is 0 Å². The molecule has 1 aliphatic carbocycles. The first-order valence-corrected chi connectivity index (χ1v) is 3.46. The summed E-state index contributed by atoms with van der Waals surface area (Å²) in [5, 5.41) is 0. The van der Waals surface area contributed by atoms with Crippen LogP contribution < -0.4 is 0 Å². The summed E-state index contributed by atoms with van der Waals surface area (Å²) >= 11 is 0. The SMILES string of the molecule is O=C1N=CN=C2C=CC(F)C=C12. The monoisotopic (exact) mass is 164 g/mol. The molecule has 0 aromatic heterocycles. The van der Waals surface area contributed by atoms with Crippen LogP contribution in [0.15, 0.2) is 33.8 Å². The normalized spacial score (nSPS) is 26.4. The number of hydrogen-bond acceptors (Lipinski definition) is 2. The van der Waals surface area contributed by atoms with E-state index in [0.717, 1.165) is 0 Å². The molecule has 1 heterocycles. The van der Waals surface area contributed by atoms with E-state index in [1.807, 2.05) is 0 Å². The molecule has 1 amide bonds. The summed E-state index contributed by atoms with van der Waals surface area (Å²) in [6, 6.07) is 0. The van der Waals surface area contributed by atoms with Gasteiger partial charge in [-0.1, -0.05) is 0 Å². The van der Waals surface area contributed by atoms with Crippen molar-refractivity contribution in [3.63, 3.8) is 0 Å². The maximum Gasteiger partial charge on any atom is 0.280 e. The van der Waals surface area contributed by atoms with E-state index < -0.39 is 12.1 Å². The van der Waals surface area contributed by atoms with Crippen molar-refractivity contribution < 1.29 is 9.18 Å². The van der Waals surface area contributed by atoms with Crippen molar-refractivity contribution in [1.29, 1.82) is 0 Å². The fourth-order valence-corrected chi connectivity index (χ4v) is 1.08. The minimum absolute atomic E-state index is 0.257. The van der Waals surface area contributed by atoms with Gasteiger partial charge in [-0.2, -0.15) is 4.99 Å². The summed E-state index contributed by atoms with van der Waals surface area (Å²) in [5.74, 6) is -0.424. The highest BCUT2D eigenvalue weighted by Gasteiger charge is 2.20. The molecule has 0 aromatic carbocycles. The Morgan fingerprint density at radius 3 is 3.17 bits per heavy atom. The Balaban J connectivity index is 2.46. The molecule has 0 saturated heterocycles. The number of carbonyl (C=O) groups is 1. The smallest absolute Gasteiger partial charge is 0.267 e. The third kappa shape index (κ3) is 1.01. The van der Waals surface area contributed by atoms with Gasteiger partial charge in [0.05, 0.1) is 11.3 Å². The van der Waals surface area contributed by atoms with Crippen molar-refractivity contribution in [2.45, 2.75) is 6.17 Å². The number of amides is 1. The zero-order valence-corrected chi connectivity index (χ0v) is 6.07. The second-order valence-corrected chi connectivity index (χ2v) is 2.45. The topological polar surface area (TPSA) is 41.8 Å². The van der Waals surface area contributed by atoms with Crippen molar-refractivity contribution >= 4 is 18.0 Å². The second-order valence-electron chi connectivity index (χ2n) is 2.45. The molecule has 2 aliphatic rings. The van der Waals surface area contributed by atoms with E-state index in [9.17, 15) is 9.18 Å². The van der Waals surface area contributed by atoms with E-state index >= 15 is 0 Å². The quantitative estimate of drug-likeness (QED) is 0.522. The van der Waals surface area contributed by atoms with Gasteiger partial charge in [0.15, 0.2) is 0 Å². The summed E-state index contributed by atoms with van der Waals surface area (Å²) in [7, 11) is 0. The zero-order chi connectivity index (χ0) is 8.55. The summed E-state index contributed by atoms with van der Waals surface area (Å²) in [4.78, 5) is 18.3. The Hall–Kier alpha value is -1.58. The molecule has 12 heavy (non-hydrogen) atoms. The maximum absolute atomic E-state index is 12.7. The molecule has 3 nitrogen and oxygen atoms in total. The standard InChI is InChI=1S/C8H5FN2O/c9-5-1-2-7-6(3-5)8(12)11-4-10-7/h1-5H. The summed E-state index contributed by atoms with van der Waals surface area (Å²) in [6.45, 7) is 0. The molecule has 1 aliphatic heterocycles. The fourth-order valence-electron chi connectivity index (χ4n) is 1.08. The number of rotatable bonds is 0. The lowest BCUT2D eigenvalue weighted by Gasteiger charge is -2.11. The Morgan fingerprint density at radius 2 is 2.33 bits per heavy atom. The van der Waals surface area contributed by atoms with E-state index in [2.05, 4.69) is 9.98 Å². The van der Waals surface area contributed by atoms with Crippen LogP contribution in [0, 0.1) is 0 Å². The van der Waals surface area contributed by atoms with E-state index in [1.54, 1.807) is 0 Å². The van der Waals surface area contributed by atoms with Gasteiger partial charge in [-0.05, 0) is 18.2 Å². The van der Waals surface area contributed by atoms with Crippen LogP contribution in [-0.2, 0) is 4.79 Å². The van der Waals surface area contributed by atoms with E-state index in [-0.39, 0.29) is 5.57 Å². The molecule has 4 heteroatoms. The predicted molar refractivity (Wildman–Crippen MR) is 43.1 cm³/mol. The molecule has 0 aromatic rings. The molecule has 1 unspecified atom stereocenters. The lowest BCUT2D eigenvalue weighted by Crippen LogP contribution is -2.18. The molecular formula is C8H5FN2O. The fraction of sp³-hybridized carbons (Fsp3) is 0.125. The van der Waals surface area contributed by atoms with Crippen LogP contribution in [0.4, 0.5) is 4.39 Å². The van der Waals surface area contributed by atoms with Crippen molar-refractivity contribution in [2.24, 2.45) is 9.98 Å². The van der Waals surface area contributed by atoms with Crippen LogP contribution in [0.5, 0.6) is 0 Å². The number of nitrogens with zero attached hydrogens (tertiary/aromatic N) is 2. The number of allylic oxidation sites excluding steroid dienone is 3. The molecule has 0 saturated carbocycles. The lowest BCUT2D eigenvalue weighted by atomic mass is 10.0. The third-order valence-electron chi connectivity index (χ3n) is 1.64. The van der Waals surface area contributed by atoms with Crippen LogP contribution in [-0.4, -0.2) is 24.1 Å². The van der Waals surface area contributed by atoms with Crippen LogP contribution in [0.3, 0.4) is 0 Å². The van der Waals surface area contributed by atoms with Crippen molar-refractivity contribution in [3.8, 4) is 0 Å². The van der Waals surface area contributed by atoms with Crippen molar-refractivity contribution in [2.75, 3.05) is 0 Å². The van der Waals surface area contributed by atoms with Crippen molar-refractivity contribution in [3.05, 3.63) is 23.8 Å². The average Bonchev–Trinajstić information content (AvgIpc) is 2.07. The highest BCUT2D eigenvalue weighted by Crippen LogP contribution is 2.15. The largest absolute Gasteiger partial charge is 0.280 e. The second kappa shape index (κ2) is 2.48. The number of hydrogen-bond donors (Lipinski definition) is 0. The summed E-state index contributed by atoms with van der Waals surface area (Å²) < 4.78 is 12.7. The Bertz CT molecular complexity index is 352. The summed E-state index contributed by atoms with van der Waals surface area (Å²) in [6.07, 6.45) is 4.03. The van der Waals surface area contributed by atoms with Gasteiger partial charge in [0, 0.05) is 0 Å². The molecule has 2 rings (SSSR count). The zero-order valence-electron chi connectivity index (χ0n) is 6.07. The number of halogens is 1. The molecule has 1 atom stereocenters.